The first-order chi connectivity index (χ1) is 11.7. The van der Waals surface area contributed by atoms with Gasteiger partial charge in [0.25, 0.3) is 5.91 Å². The van der Waals surface area contributed by atoms with Crippen LogP contribution in [-0.2, 0) is 11.8 Å². The van der Waals surface area contributed by atoms with Crippen LogP contribution < -0.4 is 5.32 Å². The highest BCUT2D eigenvalue weighted by atomic mass is 32.1. The Kier molecular flexibility index (Phi) is 3.87. The summed E-state index contributed by atoms with van der Waals surface area (Å²) in [4.78, 5) is 12.6. The van der Waals surface area contributed by atoms with Crippen molar-refractivity contribution >= 4 is 22.4 Å². The molecule has 0 bridgehead atoms. The number of carbonyl (C=O) groups excluding carboxylic acids is 1. The number of anilines is 1. The number of nitrogens with one attached hydrogen (secondary N) is 1. The highest BCUT2D eigenvalue weighted by Gasteiger charge is 2.23. The van der Waals surface area contributed by atoms with Gasteiger partial charge in [0, 0.05) is 26.0 Å². The van der Waals surface area contributed by atoms with Crippen molar-refractivity contribution < 1.29 is 9.53 Å². The molecule has 0 radical (unpaired) electrons. The van der Waals surface area contributed by atoms with Crippen LogP contribution in [0.5, 0.6) is 0 Å². The van der Waals surface area contributed by atoms with Crippen molar-refractivity contribution in [3.05, 3.63) is 41.3 Å². The number of aromatic nitrogens is 5. The van der Waals surface area contributed by atoms with Gasteiger partial charge in [0.15, 0.2) is 0 Å². The number of aryl methyl sites for hydroxylation is 1. The SMILES string of the molecule is Cn1ncc(C(=O)Nc2nnc(C3CCCO3)s2)c1-n1cccc1. The normalized spacial score (nSPS) is 17.3. The van der Waals surface area contributed by atoms with Crippen molar-refractivity contribution in [1.82, 2.24) is 24.5 Å². The number of hydrogen-bond donors (Lipinski definition) is 1. The van der Waals surface area contributed by atoms with Gasteiger partial charge in [0.05, 0.1) is 6.20 Å². The second-order valence-corrected chi connectivity index (χ2v) is 6.51. The van der Waals surface area contributed by atoms with Crippen LogP contribution in [0.1, 0.15) is 34.3 Å². The van der Waals surface area contributed by atoms with Gasteiger partial charge in [-0.1, -0.05) is 11.3 Å². The Morgan fingerprint density at radius 1 is 1.38 bits per heavy atom. The monoisotopic (exact) mass is 344 g/mol. The number of hydrogen-bond acceptors (Lipinski definition) is 6. The molecule has 9 heteroatoms. The number of ether oxygens (including phenoxy) is 1. The highest BCUT2D eigenvalue weighted by molar-refractivity contribution is 7.15. The van der Waals surface area contributed by atoms with Crippen LogP contribution in [0.25, 0.3) is 5.82 Å². The fourth-order valence-electron chi connectivity index (χ4n) is 2.73. The molecule has 1 atom stereocenters. The fourth-order valence-corrected chi connectivity index (χ4v) is 3.55. The summed E-state index contributed by atoms with van der Waals surface area (Å²) in [6, 6.07) is 3.79. The molecule has 1 unspecified atom stereocenters. The molecule has 3 aromatic heterocycles. The van der Waals surface area contributed by atoms with Gasteiger partial charge in [-0.25, -0.2) is 0 Å². The van der Waals surface area contributed by atoms with E-state index in [1.807, 2.05) is 29.1 Å². The summed E-state index contributed by atoms with van der Waals surface area (Å²) in [7, 11) is 1.80. The highest BCUT2D eigenvalue weighted by Crippen LogP contribution is 2.32. The summed E-state index contributed by atoms with van der Waals surface area (Å²) in [5.74, 6) is 0.434. The van der Waals surface area contributed by atoms with E-state index in [1.54, 1.807) is 17.9 Å². The van der Waals surface area contributed by atoms with Gasteiger partial charge in [-0.05, 0) is 25.0 Å². The number of nitrogens with zero attached hydrogens (tertiary/aromatic N) is 5. The standard InChI is InChI=1S/C15H16N6O2S/c1-20-14(21-6-2-3-7-21)10(9-16-20)12(22)17-15-19-18-13(24-15)11-5-4-8-23-11/h2-3,6-7,9,11H,4-5,8H2,1H3,(H,17,19,22). The Bertz CT molecular complexity index is 847. The molecule has 0 saturated carbocycles. The zero-order valence-electron chi connectivity index (χ0n) is 13.0. The maximum atomic E-state index is 12.6. The van der Waals surface area contributed by atoms with E-state index in [4.69, 9.17) is 4.74 Å². The maximum absolute atomic E-state index is 12.6. The fraction of sp³-hybridized carbons (Fsp3) is 0.333. The molecule has 1 aliphatic heterocycles. The first kappa shape index (κ1) is 15.0. The molecule has 1 N–H and O–H groups in total. The summed E-state index contributed by atoms with van der Waals surface area (Å²) in [5, 5.41) is 16.4. The average molecular weight is 344 g/mol. The molecule has 24 heavy (non-hydrogen) atoms. The summed E-state index contributed by atoms with van der Waals surface area (Å²) < 4.78 is 9.10. The lowest BCUT2D eigenvalue weighted by Crippen LogP contribution is -2.14. The van der Waals surface area contributed by atoms with Crippen molar-refractivity contribution in [3.63, 3.8) is 0 Å². The third-order valence-corrected chi connectivity index (χ3v) is 4.80. The predicted octanol–water partition coefficient (Wildman–Crippen LogP) is 2.17. The Balaban J connectivity index is 1.55. The van der Waals surface area contributed by atoms with Gasteiger partial charge in [-0.3, -0.25) is 14.8 Å². The van der Waals surface area contributed by atoms with E-state index in [2.05, 4.69) is 20.6 Å². The van der Waals surface area contributed by atoms with Crippen molar-refractivity contribution in [3.8, 4) is 5.82 Å². The zero-order chi connectivity index (χ0) is 16.5. The van der Waals surface area contributed by atoms with E-state index in [-0.39, 0.29) is 12.0 Å². The third kappa shape index (κ3) is 2.72. The Hall–Kier alpha value is -2.52. The molecule has 4 heterocycles. The van der Waals surface area contributed by atoms with Crippen LogP contribution >= 0.6 is 11.3 Å². The van der Waals surface area contributed by atoms with Gasteiger partial charge in [-0.2, -0.15) is 5.10 Å². The quantitative estimate of drug-likeness (QED) is 0.784. The molecular formula is C15H16N6O2S. The molecule has 1 amide bonds. The van der Waals surface area contributed by atoms with Crippen LogP contribution in [0.15, 0.2) is 30.7 Å². The lowest BCUT2D eigenvalue weighted by molar-refractivity contribution is 0.102. The molecule has 8 nitrogen and oxygen atoms in total. The van der Waals surface area contributed by atoms with Gasteiger partial charge < -0.3 is 9.30 Å². The van der Waals surface area contributed by atoms with Crippen LogP contribution in [0.4, 0.5) is 5.13 Å². The van der Waals surface area contributed by atoms with Crippen molar-refractivity contribution in [1.29, 1.82) is 0 Å². The average Bonchev–Trinajstić information content (AvgIpc) is 3.34. The van der Waals surface area contributed by atoms with E-state index < -0.39 is 0 Å². The van der Waals surface area contributed by atoms with Crippen molar-refractivity contribution in [2.75, 3.05) is 11.9 Å². The van der Waals surface area contributed by atoms with E-state index in [0.717, 1.165) is 24.5 Å². The summed E-state index contributed by atoms with van der Waals surface area (Å²) >= 11 is 1.35. The smallest absolute Gasteiger partial charge is 0.262 e. The topological polar surface area (TPSA) is 86.9 Å². The number of amides is 1. The van der Waals surface area contributed by atoms with Crippen molar-refractivity contribution in [2.24, 2.45) is 7.05 Å². The van der Waals surface area contributed by atoms with Gasteiger partial charge in [0.1, 0.15) is 22.5 Å². The number of carbonyl (C=O) groups is 1. The molecule has 0 aliphatic carbocycles. The first-order valence-electron chi connectivity index (χ1n) is 7.64. The molecule has 1 fully saturated rings. The molecule has 0 aromatic carbocycles. The maximum Gasteiger partial charge on any atom is 0.262 e. The minimum Gasteiger partial charge on any atom is -0.371 e. The Labute approximate surface area is 142 Å². The minimum atomic E-state index is -0.262. The zero-order valence-corrected chi connectivity index (χ0v) is 13.9. The summed E-state index contributed by atoms with van der Waals surface area (Å²) in [6.07, 6.45) is 7.27. The van der Waals surface area contributed by atoms with E-state index >= 15 is 0 Å². The second kappa shape index (κ2) is 6.17. The van der Waals surface area contributed by atoms with Crippen LogP contribution in [-0.4, -0.2) is 37.1 Å². The minimum absolute atomic E-state index is 0.00183. The van der Waals surface area contributed by atoms with E-state index in [1.165, 1.54) is 11.3 Å². The summed E-state index contributed by atoms with van der Waals surface area (Å²) in [6.45, 7) is 0.752. The second-order valence-electron chi connectivity index (χ2n) is 5.50. The first-order valence-corrected chi connectivity index (χ1v) is 8.46. The third-order valence-electron chi connectivity index (χ3n) is 3.87. The van der Waals surface area contributed by atoms with Crippen LogP contribution in [0, 0.1) is 0 Å². The lowest BCUT2D eigenvalue weighted by atomic mass is 10.2. The summed E-state index contributed by atoms with van der Waals surface area (Å²) in [5.41, 5.74) is 0.475. The van der Waals surface area contributed by atoms with E-state index in [9.17, 15) is 4.79 Å². The van der Waals surface area contributed by atoms with Crippen LogP contribution in [0.3, 0.4) is 0 Å². The Morgan fingerprint density at radius 3 is 2.96 bits per heavy atom. The Morgan fingerprint density at radius 2 is 2.21 bits per heavy atom. The van der Waals surface area contributed by atoms with Gasteiger partial charge in [-0.15, -0.1) is 10.2 Å². The molecule has 3 aromatic rings. The predicted molar refractivity (Wildman–Crippen MR) is 88.3 cm³/mol. The van der Waals surface area contributed by atoms with Gasteiger partial charge >= 0.3 is 0 Å². The largest absolute Gasteiger partial charge is 0.371 e. The van der Waals surface area contributed by atoms with Crippen LogP contribution in [0.2, 0.25) is 0 Å². The molecule has 0 spiro atoms. The van der Waals surface area contributed by atoms with E-state index in [0.29, 0.717) is 16.5 Å². The number of rotatable bonds is 4. The lowest BCUT2D eigenvalue weighted by Gasteiger charge is -2.06. The molecule has 124 valence electrons. The van der Waals surface area contributed by atoms with Gasteiger partial charge in [0.2, 0.25) is 5.13 Å². The molecule has 4 rings (SSSR count). The molecule has 1 saturated heterocycles. The molecular weight excluding hydrogens is 328 g/mol. The van der Waals surface area contributed by atoms with Crippen molar-refractivity contribution in [2.45, 2.75) is 18.9 Å². The molecule has 1 aliphatic rings.